The highest BCUT2D eigenvalue weighted by molar-refractivity contribution is 5.89. The lowest BCUT2D eigenvalue weighted by Crippen LogP contribution is -2.40. The van der Waals surface area contributed by atoms with Crippen LogP contribution in [0.3, 0.4) is 0 Å². The molecule has 7 nitrogen and oxygen atoms in total. The van der Waals surface area contributed by atoms with Gasteiger partial charge in [-0.1, -0.05) is 6.07 Å². The minimum absolute atomic E-state index is 0.190. The van der Waals surface area contributed by atoms with E-state index in [-0.39, 0.29) is 6.03 Å². The number of anilines is 2. The molecule has 0 radical (unpaired) electrons. The number of aromatic nitrogens is 2. The first-order valence-corrected chi connectivity index (χ1v) is 8.44. The second-order valence-corrected chi connectivity index (χ2v) is 6.06. The van der Waals surface area contributed by atoms with Gasteiger partial charge in [-0.3, -0.25) is 4.98 Å². The summed E-state index contributed by atoms with van der Waals surface area (Å²) in [7, 11) is 1.60. The number of methoxy groups -OCH3 is 1. The molecular formula is C18H23N5O2. The molecule has 1 aromatic carbocycles. The molecule has 0 spiro atoms. The zero-order valence-corrected chi connectivity index (χ0v) is 14.3. The molecule has 2 N–H and O–H groups in total. The van der Waals surface area contributed by atoms with Crippen molar-refractivity contribution in [3.63, 3.8) is 0 Å². The Labute approximate surface area is 147 Å². The third-order valence-electron chi connectivity index (χ3n) is 4.37. The van der Waals surface area contributed by atoms with Crippen LogP contribution in [0.25, 0.3) is 0 Å². The van der Waals surface area contributed by atoms with E-state index in [9.17, 15) is 4.79 Å². The first-order valence-electron chi connectivity index (χ1n) is 8.44. The SMILES string of the molecule is COc1cccc(NC(=O)NCC2CCN(c3cnccn3)CC2)c1. The fourth-order valence-corrected chi connectivity index (χ4v) is 2.93. The van der Waals surface area contributed by atoms with Crippen LogP contribution in [0, 0.1) is 5.92 Å². The molecule has 1 fully saturated rings. The third-order valence-corrected chi connectivity index (χ3v) is 4.37. The van der Waals surface area contributed by atoms with Gasteiger partial charge in [-0.25, -0.2) is 9.78 Å². The number of rotatable bonds is 5. The number of hydrogen-bond acceptors (Lipinski definition) is 5. The Balaban J connectivity index is 1.41. The van der Waals surface area contributed by atoms with Crippen molar-refractivity contribution < 1.29 is 9.53 Å². The van der Waals surface area contributed by atoms with Gasteiger partial charge in [0.2, 0.25) is 0 Å². The third kappa shape index (κ3) is 4.82. The first kappa shape index (κ1) is 17.0. The summed E-state index contributed by atoms with van der Waals surface area (Å²) in [4.78, 5) is 22.7. The van der Waals surface area contributed by atoms with Crippen LogP contribution in [0.4, 0.5) is 16.3 Å². The number of carbonyl (C=O) groups excluding carboxylic acids is 1. The highest BCUT2D eigenvalue weighted by Crippen LogP contribution is 2.20. The van der Waals surface area contributed by atoms with Gasteiger partial charge in [0.1, 0.15) is 11.6 Å². The highest BCUT2D eigenvalue weighted by atomic mass is 16.5. The summed E-state index contributed by atoms with van der Waals surface area (Å²) >= 11 is 0. The molecule has 1 aromatic heterocycles. The quantitative estimate of drug-likeness (QED) is 0.874. The van der Waals surface area contributed by atoms with Crippen molar-refractivity contribution in [3.05, 3.63) is 42.9 Å². The summed E-state index contributed by atoms with van der Waals surface area (Å²) < 4.78 is 5.15. The molecule has 0 aliphatic carbocycles. The number of hydrogen-bond donors (Lipinski definition) is 2. The van der Waals surface area contributed by atoms with Crippen LogP contribution in [-0.2, 0) is 0 Å². The van der Waals surface area contributed by atoms with Crippen molar-refractivity contribution >= 4 is 17.5 Å². The van der Waals surface area contributed by atoms with Crippen LogP contribution in [0.15, 0.2) is 42.9 Å². The van der Waals surface area contributed by atoms with Gasteiger partial charge in [0, 0.05) is 43.8 Å². The minimum atomic E-state index is -0.190. The number of nitrogens with zero attached hydrogens (tertiary/aromatic N) is 3. The van der Waals surface area contributed by atoms with Crippen molar-refractivity contribution in [2.75, 3.05) is 37.0 Å². The molecule has 1 saturated heterocycles. The van der Waals surface area contributed by atoms with Crippen LogP contribution in [-0.4, -0.2) is 42.7 Å². The topological polar surface area (TPSA) is 79.4 Å². The Kier molecular flexibility index (Phi) is 5.66. The van der Waals surface area contributed by atoms with Gasteiger partial charge < -0.3 is 20.3 Å². The van der Waals surface area contributed by atoms with Crippen LogP contribution < -0.4 is 20.3 Å². The van der Waals surface area contributed by atoms with Gasteiger partial charge in [0.25, 0.3) is 0 Å². The molecule has 1 aliphatic rings. The van der Waals surface area contributed by atoms with Crippen LogP contribution in [0.1, 0.15) is 12.8 Å². The Morgan fingerprint density at radius 3 is 2.88 bits per heavy atom. The second kappa shape index (κ2) is 8.32. The van der Waals surface area contributed by atoms with Gasteiger partial charge in [-0.05, 0) is 30.9 Å². The van der Waals surface area contributed by atoms with Crippen molar-refractivity contribution in [2.24, 2.45) is 5.92 Å². The van der Waals surface area contributed by atoms with Crippen molar-refractivity contribution in [1.29, 1.82) is 0 Å². The van der Waals surface area contributed by atoms with E-state index in [0.717, 1.165) is 31.7 Å². The predicted octanol–water partition coefficient (Wildman–Crippen LogP) is 2.52. The minimum Gasteiger partial charge on any atom is -0.497 e. The number of ether oxygens (including phenoxy) is 1. The Hall–Kier alpha value is -2.83. The molecule has 25 heavy (non-hydrogen) atoms. The molecule has 0 atom stereocenters. The molecule has 0 unspecified atom stereocenters. The molecule has 0 bridgehead atoms. The number of urea groups is 1. The summed E-state index contributed by atoms with van der Waals surface area (Å²) in [5.41, 5.74) is 0.717. The van der Waals surface area contributed by atoms with Gasteiger partial charge in [0.15, 0.2) is 0 Å². The fourth-order valence-electron chi connectivity index (χ4n) is 2.93. The van der Waals surface area contributed by atoms with Crippen LogP contribution >= 0.6 is 0 Å². The summed E-state index contributed by atoms with van der Waals surface area (Å²) in [5, 5.41) is 5.79. The molecule has 132 valence electrons. The van der Waals surface area contributed by atoms with Gasteiger partial charge >= 0.3 is 6.03 Å². The predicted molar refractivity (Wildman–Crippen MR) is 97.0 cm³/mol. The maximum absolute atomic E-state index is 12.0. The van der Waals surface area contributed by atoms with Crippen molar-refractivity contribution in [3.8, 4) is 5.75 Å². The molecule has 2 amide bonds. The molecule has 2 aromatic rings. The Morgan fingerprint density at radius 2 is 2.16 bits per heavy atom. The van der Waals surface area contributed by atoms with E-state index in [0.29, 0.717) is 23.9 Å². The van der Waals surface area contributed by atoms with Gasteiger partial charge in [-0.15, -0.1) is 0 Å². The first-order chi connectivity index (χ1) is 12.2. The van der Waals surface area contributed by atoms with Crippen molar-refractivity contribution in [2.45, 2.75) is 12.8 Å². The van der Waals surface area contributed by atoms with E-state index in [4.69, 9.17) is 4.74 Å². The number of nitrogens with one attached hydrogen (secondary N) is 2. The number of benzene rings is 1. The van der Waals surface area contributed by atoms with Crippen LogP contribution in [0.2, 0.25) is 0 Å². The zero-order valence-electron chi connectivity index (χ0n) is 14.3. The van der Waals surface area contributed by atoms with Gasteiger partial charge in [0.05, 0.1) is 13.3 Å². The van der Waals surface area contributed by atoms with E-state index < -0.39 is 0 Å². The molecule has 3 rings (SSSR count). The number of piperidine rings is 1. The average Bonchev–Trinajstić information content (AvgIpc) is 2.67. The molecule has 0 saturated carbocycles. The number of carbonyl (C=O) groups is 1. The van der Waals surface area contributed by atoms with Crippen molar-refractivity contribution in [1.82, 2.24) is 15.3 Å². The monoisotopic (exact) mass is 341 g/mol. The summed E-state index contributed by atoms with van der Waals surface area (Å²) in [6.45, 7) is 2.54. The van der Waals surface area contributed by atoms with Crippen LogP contribution in [0.5, 0.6) is 5.75 Å². The Bertz CT molecular complexity index is 687. The lowest BCUT2D eigenvalue weighted by Gasteiger charge is -2.32. The highest BCUT2D eigenvalue weighted by Gasteiger charge is 2.20. The lowest BCUT2D eigenvalue weighted by atomic mass is 9.97. The normalized spacial score (nSPS) is 14.8. The van der Waals surface area contributed by atoms with E-state index in [1.807, 2.05) is 18.2 Å². The lowest BCUT2D eigenvalue weighted by molar-refractivity contribution is 0.248. The molecule has 1 aliphatic heterocycles. The molecule has 7 heteroatoms. The zero-order chi connectivity index (χ0) is 17.5. The standard InChI is InChI=1S/C18H23N5O2/c1-25-16-4-2-3-15(11-16)22-18(24)21-12-14-5-9-23(10-6-14)17-13-19-7-8-20-17/h2-4,7-8,11,13-14H,5-6,9-10,12H2,1H3,(H2,21,22,24). The maximum atomic E-state index is 12.0. The average molecular weight is 341 g/mol. The van der Waals surface area contributed by atoms with E-state index in [1.165, 1.54) is 0 Å². The fraction of sp³-hybridized carbons (Fsp3) is 0.389. The molecular weight excluding hydrogens is 318 g/mol. The van der Waals surface area contributed by atoms with E-state index in [1.54, 1.807) is 31.8 Å². The van der Waals surface area contributed by atoms with Gasteiger partial charge in [-0.2, -0.15) is 0 Å². The maximum Gasteiger partial charge on any atom is 0.319 e. The number of amides is 2. The largest absolute Gasteiger partial charge is 0.497 e. The molecule has 2 heterocycles. The second-order valence-electron chi connectivity index (χ2n) is 6.06. The smallest absolute Gasteiger partial charge is 0.319 e. The summed E-state index contributed by atoms with van der Waals surface area (Å²) in [6.07, 6.45) is 7.24. The van der Waals surface area contributed by atoms with E-state index in [2.05, 4.69) is 25.5 Å². The summed E-state index contributed by atoms with van der Waals surface area (Å²) in [6, 6.07) is 7.12. The summed E-state index contributed by atoms with van der Waals surface area (Å²) in [5.74, 6) is 2.11. The Morgan fingerprint density at radius 1 is 1.32 bits per heavy atom. The van der Waals surface area contributed by atoms with E-state index >= 15 is 0 Å².